The molecule has 8 heteroatoms. The smallest absolute Gasteiger partial charge is 0.300 e. The van der Waals surface area contributed by atoms with Crippen molar-refractivity contribution in [2.75, 3.05) is 6.61 Å². The second-order valence-electron chi connectivity index (χ2n) is 8.42. The molecule has 2 aromatic heterocycles. The summed E-state index contributed by atoms with van der Waals surface area (Å²) in [5.74, 6) is 1.47. The standard InChI is InChI=1S/C29H21N3O4S/c1-2-35-22-14-12-18(13-15-22)25-27(33)30-29-32(31-25)28(34)24(37-29)17-21-16-20-10-6-7-11-23(20)36-26(21)19-8-4-3-5-9-19/h3-17,26H,2H2,1H3/b24-17+. The molecule has 3 aromatic carbocycles. The largest absolute Gasteiger partial charge is 0.494 e. The molecule has 6 rings (SSSR count). The molecule has 0 spiro atoms. The SMILES string of the molecule is CCOc1ccc(-c2nn3c(=O)/c(=C\C4=Cc5ccccc5OC4c4ccccc4)sc3nc2=O)cc1. The third kappa shape index (κ3) is 4.32. The van der Waals surface area contributed by atoms with Crippen LogP contribution in [0.25, 0.3) is 28.4 Å². The molecular weight excluding hydrogens is 486 g/mol. The van der Waals surface area contributed by atoms with E-state index in [1.807, 2.05) is 67.6 Å². The number of nitrogens with zero attached hydrogens (tertiary/aromatic N) is 3. The predicted molar refractivity (Wildman–Crippen MR) is 144 cm³/mol. The summed E-state index contributed by atoms with van der Waals surface area (Å²) in [6, 6.07) is 24.6. The van der Waals surface area contributed by atoms with Crippen molar-refractivity contribution in [3.8, 4) is 22.8 Å². The number of benzene rings is 3. The summed E-state index contributed by atoms with van der Waals surface area (Å²) >= 11 is 1.13. The summed E-state index contributed by atoms with van der Waals surface area (Å²) < 4.78 is 13.4. The minimum atomic E-state index is -0.492. The first-order valence-corrected chi connectivity index (χ1v) is 12.6. The molecule has 1 aliphatic heterocycles. The maximum atomic E-state index is 13.4. The molecule has 0 fully saturated rings. The molecule has 0 saturated heterocycles. The Morgan fingerprint density at radius 3 is 2.54 bits per heavy atom. The summed E-state index contributed by atoms with van der Waals surface area (Å²) in [6.07, 6.45) is 3.44. The van der Waals surface area contributed by atoms with E-state index in [1.54, 1.807) is 30.3 Å². The summed E-state index contributed by atoms with van der Waals surface area (Å²) in [6.45, 7) is 2.44. The molecule has 182 valence electrons. The predicted octanol–water partition coefficient (Wildman–Crippen LogP) is 4.29. The highest BCUT2D eigenvalue weighted by atomic mass is 32.1. The van der Waals surface area contributed by atoms with Gasteiger partial charge in [0.1, 0.15) is 17.6 Å². The van der Waals surface area contributed by atoms with Crippen LogP contribution in [0.3, 0.4) is 0 Å². The zero-order valence-corrected chi connectivity index (χ0v) is 20.6. The molecule has 37 heavy (non-hydrogen) atoms. The topological polar surface area (TPSA) is 82.8 Å². The van der Waals surface area contributed by atoms with Crippen LogP contribution in [-0.4, -0.2) is 21.2 Å². The minimum Gasteiger partial charge on any atom is -0.494 e. The molecule has 0 amide bonds. The molecule has 0 N–H and O–H groups in total. The van der Waals surface area contributed by atoms with E-state index in [0.717, 1.165) is 33.8 Å². The molecular formula is C29H21N3O4S. The highest BCUT2D eigenvalue weighted by molar-refractivity contribution is 7.15. The third-order valence-corrected chi connectivity index (χ3v) is 6.97. The Kier molecular flexibility index (Phi) is 5.86. The first-order chi connectivity index (χ1) is 18.1. The van der Waals surface area contributed by atoms with Crippen molar-refractivity contribution < 1.29 is 9.47 Å². The van der Waals surface area contributed by atoms with E-state index in [-0.39, 0.29) is 22.3 Å². The van der Waals surface area contributed by atoms with Crippen LogP contribution in [-0.2, 0) is 0 Å². The van der Waals surface area contributed by atoms with Crippen LogP contribution in [0.5, 0.6) is 11.5 Å². The number of para-hydroxylation sites is 1. The number of rotatable bonds is 5. The second kappa shape index (κ2) is 9.48. The number of ether oxygens (including phenoxy) is 2. The maximum Gasteiger partial charge on any atom is 0.300 e. The maximum absolute atomic E-state index is 13.4. The number of aromatic nitrogens is 3. The fourth-order valence-corrected chi connectivity index (χ4v) is 5.18. The van der Waals surface area contributed by atoms with Gasteiger partial charge in [0.15, 0.2) is 5.69 Å². The molecule has 0 bridgehead atoms. The lowest BCUT2D eigenvalue weighted by Gasteiger charge is -2.26. The van der Waals surface area contributed by atoms with Gasteiger partial charge in [0.2, 0.25) is 4.96 Å². The summed E-state index contributed by atoms with van der Waals surface area (Å²) in [5, 5.41) is 4.38. The van der Waals surface area contributed by atoms with E-state index in [0.29, 0.717) is 22.5 Å². The minimum absolute atomic E-state index is 0.110. The zero-order chi connectivity index (χ0) is 25.4. The van der Waals surface area contributed by atoms with Gasteiger partial charge in [-0.3, -0.25) is 9.59 Å². The Labute approximate surface area is 215 Å². The fraction of sp³-hybridized carbons (Fsp3) is 0.103. The Bertz CT molecular complexity index is 1810. The molecule has 0 saturated carbocycles. The van der Waals surface area contributed by atoms with Gasteiger partial charge in [0, 0.05) is 11.1 Å². The van der Waals surface area contributed by atoms with Crippen LogP contribution in [0.1, 0.15) is 24.2 Å². The third-order valence-electron chi connectivity index (χ3n) is 6.01. The average molecular weight is 508 g/mol. The van der Waals surface area contributed by atoms with Crippen molar-refractivity contribution in [3.63, 3.8) is 0 Å². The van der Waals surface area contributed by atoms with Crippen LogP contribution < -0.4 is 25.1 Å². The lowest BCUT2D eigenvalue weighted by atomic mass is 9.96. The van der Waals surface area contributed by atoms with Crippen molar-refractivity contribution in [2.24, 2.45) is 0 Å². The van der Waals surface area contributed by atoms with Gasteiger partial charge < -0.3 is 9.47 Å². The molecule has 3 heterocycles. The number of fused-ring (bicyclic) bond motifs is 2. The summed E-state index contributed by atoms with van der Waals surface area (Å²) in [5.41, 5.74) is 2.56. The number of thiazole rings is 1. The molecule has 1 atom stereocenters. The van der Waals surface area contributed by atoms with Gasteiger partial charge in [-0.25, -0.2) is 0 Å². The molecule has 0 radical (unpaired) electrons. The first kappa shape index (κ1) is 22.9. The van der Waals surface area contributed by atoms with Crippen LogP contribution in [0.15, 0.2) is 94.0 Å². The van der Waals surface area contributed by atoms with Crippen molar-refractivity contribution in [2.45, 2.75) is 13.0 Å². The van der Waals surface area contributed by atoms with Crippen LogP contribution in [0.4, 0.5) is 0 Å². The summed E-state index contributed by atoms with van der Waals surface area (Å²) in [4.78, 5) is 30.5. The van der Waals surface area contributed by atoms with Gasteiger partial charge in [-0.15, -0.1) is 0 Å². The van der Waals surface area contributed by atoms with Gasteiger partial charge in [-0.1, -0.05) is 59.9 Å². The van der Waals surface area contributed by atoms with Crippen molar-refractivity contribution >= 4 is 28.4 Å². The van der Waals surface area contributed by atoms with Gasteiger partial charge in [0.05, 0.1) is 11.1 Å². The first-order valence-electron chi connectivity index (χ1n) is 11.8. The van der Waals surface area contributed by atoms with E-state index in [2.05, 4.69) is 10.1 Å². The van der Waals surface area contributed by atoms with Crippen LogP contribution >= 0.6 is 11.3 Å². The van der Waals surface area contributed by atoms with Gasteiger partial charge >= 0.3 is 5.56 Å². The second-order valence-corrected chi connectivity index (χ2v) is 9.43. The molecule has 1 aliphatic rings. The number of hydrogen-bond acceptors (Lipinski definition) is 7. The Morgan fingerprint density at radius 2 is 1.76 bits per heavy atom. The van der Waals surface area contributed by atoms with E-state index < -0.39 is 5.56 Å². The molecule has 1 unspecified atom stereocenters. The van der Waals surface area contributed by atoms with Crippen LogP contribution in [0, 0.1) is 0 Å². The molecule has 7 nitrogen and oxygen atoms in total. The van der Waals surface area contributed by atoms with Crippen molar-refractivity contribution in [3.05, 3.63) is 121 Å². The Balaban J connectivity index is 1.47. The summed E-state index contributed by atoms with van der Waals surface area (Å²) in [7, 11) is 0. The van der Waals surface area contributed by atoms with Crippen molar-refractivity contribution in [1.29, 1.82) is 0 Å². The highest BCUT2D eigenvalue weighted by Gasteiger charge is 2.23. The van der Waals surface area contributed by atoms with E-state index in [1.165, 1.54) is 4.52 Å². The zero-order valence-electron chi connectivity index (χ0n) is 19.8. The van der Waals surface area contributed by atoms with Gasteiger partial charge in [-0.2, -0.15) is 14.6 Å². The van der Waals surface area contributed by atoms with Gasteiger partial charge in [-0.05, 0) is 60.5 Å². The van der Waals surface area contributed by atoms with E-state index in [9.17, 15) is 9.59 Å². The van der Waals surface area contributed by atoms with E-state index >= 15 is 0 Å². The lowest BCUT2D eigenvalue weighted by molar-refractivity contribution is 0.244. The Morgan fingerprint density at radius 1 is 1.00 bits per heavy atom. The molecule has 0 aliphatic carbocycles. The van der Waals surface area contributed by atoms with E-state index in [4.69, 9.17) is 9.47 Å². The van der Waals surface area contributed by atoms with Crippen molar-refractivity contribution in [1.82, 2.24) is 14.6 Å². The molecule has 5 aromatic rings. The monoisotopic (exact) mass is 507 g/mol. The Hall–Kier alpha value is -4.56. The van der Waals surface area contributed by atoms with Gasteiger partial charge in [0.25, 0.3) is 5.56 Å². The average Bonchev–Trinajstić information content (AvgIpc) is 3.22. The lowest BCUT2D eigenvalue weighted by Crippen LogP contribution is -2.27. The van der Waals surface area contributed by atoms with Crippen LogP contribution in [0.2, 0.25) is 0 Å². The fourth-order valence-electron chi connectivity index (χ4n) is 4.28. The quantitative estimate of drug-likeness (QED) is 0.353. The highest BCUT2D eigenvalue weighted by Crippen LogP contribution is 2.37. The normalized spacial score (nSPS) is 15.2. The number of hydrogen-bond donors (Lipinski definition) is 0.